The molecule has 1 aliphatic rings. The highest BCUT2D eigenvalue weighted by Crippen LogP contribution is 2.40. The molecule has 1 N–H and O–H groups in total. The van der Waals surface area contributed by atoms with Gasteiger partial charge in [0, 0.05) is 21.7 Å². The van der Waals surface area contributed by atoms with E-state index < -0.39 is 11.6 Å². The Kier molecular flexibility index (Phi) is 8.39. The monoisotopic (exact) mass is 584 g/mol. The van der Waals surface area contributed by atoms with E-state index in [-0.39, 0.29) is 24.3 Å². The molecule has 3 aromatic rings. The topological polar surface area (TPSA) is 67.9 Å². The zero-order valence-electron chi connectivity index (χ0n) is 21.8. The van der Waals surface area contributed by atoms with Gasteiger partial charge in [0.15, 0.2) is 0 Å². The summed E-state index contributed by atoms with van der Waals surface area (Å²) in [4.78, 5) is 29.2. The summed E-state index contributed by atoms with van der Waals surface area (Å²) in [6.07, 6.45) is 2.65. The van der Waals surface area contributed by atoms with E-state index in [1.54, 1.807) is 23.8 Å². The summed E-state index contributed by atoms with van der Waals surface area (Å²) in [7, 11) is 1.63. The van der Waals surface area contributed by atoms with Crippen LogP contribution in [0.15, 0.2) is 59.1 Å². The Hall–Kier alpha value is -2.71. The van der Waals surface area contributed by atoms with E-state index in [1.165, 1.54) is 0 Å². The van der Waals surface area contributed by atoms with Crippen LogP contribution in [0.5, 0.6) is 11.5 Å². The molecule has 4 rings (SSSR count). The standard InChI is InChI=1S/C29H33BrN2O4S/c1-6-18(2)27(33)31-26-28(34)32(23-9-7-8-10-25(23)36-29(26,3)17-37-5)16-22-21-13-12-20(30)15-19(21)11-14-24(22)35-4/h7-15,18,26H,6,16-17H2,1-5H3,(H,31,33)/t18-,26-,29?/m1/s1. The number of hydrogen-bond donors (Lipinski definition) is 1. The second-order valence-corrected chi connectivity index (χ2v) is 11.4. The van der Waals surface area contributed by atoms with Gasteiger partial charge in [-0.1, -0.05) is 54.0 Å². The van der Waals surface area contributed by atoms with Crippen LogP contribution in [0, 0.1) is 5.92 Å². The van der Waals surface area contributed by atoms with Crippen molar-refractivity contribution in [3.63, 3.8) is 0 Å². The van der Waals surface area contributed by atoms with E-state index in [0.717, 1.165) is 20.8 Å². The van der Waals surface area contributed by atoms with Crippen LogP contribution in [0.3, 0.4) is 0 Å². The van der Waals surface area contributed by atoms with Crippen molar-refractivity contribution in [1.82, 2.24) is 5.32 Å². The molecule has 1 unspecified atom stereocenters. The number of carbonyl (C=O) groups is 2. The van der Waals surface area contributed by atoms with Crippen molar-refractivity contribution >= 4 is 56.0 Å². The van der Waals surface area contributed by atoms with Crippen molar-refractivity contribution in [2.45, 2.75) is 45.4 Å². The van der Waals surface area contributed by atoms with Crippen LogP contribution in [0.25, 0.3) is 10.8 Å². The van der Waals surface area contributed by atoms with Gasteiger partial charge in [0.2, 0.25) is 5.91 Å². The number of carbonyl (C=O) groups excluding carboxylic acids is 2. The molecular formula is C29H33BrN2O4S. The molecule has 0 aromatic heterocycles. The molecule has 0 fully saturated rings. The first-order chi connectivity index (χ1) is 17.7. The van der Waals surface area contributed by atoms with Gasteiger partial charge >= 0.3 is 0 Å². The highest BCUT2D eigenvalue weighted by molar-refractivity contribution is 9.10. The third kappa shape index (κ3) is 5.46. The van der Waals surface area contributed by atoms with Crippen LogP contribution >= 0.6 is 27.7 Å². The van der Waals surface area contributed by atoms with E-state index in [4.69, 9.17) is 9.47 Å². The Labute approximate surface area is 231 Å². The number of hydrogen-bond acceptors (Lipinski definition) is 5. The molecule has 0 aliphatic carbocycles. The van der Waals surface area contributed by atoms with Gasteiger partial charge in [0.05, 0.1) is 19.3 Å². The molecule has 1 heterocycles. The Morgan fingerprint density at radius 3 is 2.70 bits per heavy atom. The number of amides is 2. The molecule has 3 atom stereocenters. The number of nitrogens with one attached hydrogen (secondary N) is 1. The molecule has 1 aliphatic heterocycles. The molecule has 2 amide bonds. The Morgan fingerprint density at radius 1 is 1.24 bits per heavy atom. The van der Waals surface area contributed by atoms with Crippen molar-refractivity contribution in [2.75, 3.05) is 24.0 Å². The lowest BCUT2D eigenvalue weighted by Gasteiger charge is -2.36. The van der Waals surface area contributed by atoms with Crippen LogP contribution in [0.1, 0.15) is 32.8 Å². The van der Waals surface area contributed by atoms with Crippen molar-refractivity contribution in [1.29, 1.82) is 0 Å². The minimum atomic E-state index is -0.946. The smallest absolute Gasteiger partial charge is 0.254 e. The molecule has 6 nitrogen and oxygen atoms in total. The normalized spacial score (nSPS) is 20.1. The first-order valence-corrected chi connectivity index (χ1v) is 14.5. The number of para-hydroxylation sites is 2. The van der Waals surface area contributed by atoms with Gasteiger partial charge in [-0.15, -0.1) is 0 Å². The van der Waals surface area contributed by atoms with E-state index in [1.807, 2.05) is 81.6 Å². The lowest BCUT2D eigenvalue weighted by molar-refractivity contribution is -0.133. The van der Waals surface area contributed by atoms with Crippen LogP contribution in [0.2, 0.25) is 0 Å². The molecule has 0 saturated heterocycles. The predicted octanol–water partition coefficient (Wildman–Crippen LogP) is 6.19. The van der Waals surface area contributed by atoms with Gasteiger partial charge in [0.25, 0.3) is 5.91 Å². The predicted molar refractivity (Wildman–Crippen MR) is 155 cm³/mol. The van der Waals surface area contributed by atoms with E-state index in [0.29, 0.717) is 29.4 Å². The van der Waals surface area contributed by atoms with Crippen LogP contribution in [0.4, 0.5) is 5.69 Å². The van der Waals surface area contributed by atoms with Crippen LogP contribution in [-0.4, -0.2) is 42.6 Å². The average molecular weight is 586 g/mol. The average Bonchev–Trinajstić information content (AvgIpc) is 2.97. The van der Waals surface area contributed by atoms with Crippen molar-refractivity contribution in [3.8, 4) is 11.5 Å². The van der Waals surface area contributed by atoms with Crippen LogP contribution < -0.4 is 19.7 Å². The second kappa shape index (κ2) is 11.4. The first-order valence-electron chi connectivity index (χ1n) is 12.4. The fourth-order valence-corrected chi connectivity index (χ4v) is 5.89. The van der Waals surface area contributed by atoms with Crippen LogP contribution in [-0.2, 0) is 16.1 Å². The number of thioether (sulfide) groups is 1. The lowest BCUT2D eigenvalue weighted by atomic mass is 9.95. The minimum absolute atomic E-state index is 0.157. The number of benzene rings is 3. The van der Waals surface area contributed by atoms with Gasteiger partial charge in [-0.25, -0.2) is 0 Å². The van der Waals surface area contributed by atoms with Gasteiger partial charge in [-0.2, -0.15) is 11.8 Å². The summed E-state index contributed by atoms with van der Waals surface area (Å²) < 4.78 is 13.3. The highest BCUT2D eigenvalue weighted by atomic mass is 79.9. The number of anilines is 1. The quantitative estimate of drug-likeness (QED) is 0.342. The summed E-state index contributed by atoms with van der Waals surface area (Å²) in [6, 6.07) is 16.7. The lowest BCUT2D eigenvalue weighted by Crippen LogP contribution is -2.62. The second-order valence-electron chi connectivity index (χ2n) is 9.60. The maximum Gasteiger partial charge on any atom is 0.254 e. The molecule has 0 spiro atoms. The number of ether oxygens (including phenoxy) is 2. The summed E-state index contributed by atoms with van der Waals surface area (Å²) in [6.45, 7) is 5.99. The van der Waals surface area contributed by atoms with Gasteiger partial charge < -0.3 is 19.7 Å². The minimum Gasteiger partial charge on any atom is -0.496 e. The Balaban J connectivity index is 1.87. The summed E-state index contributed by atoms with van der Waals surface area (Å²) in [5.74, 6) is 1.23. The maximum absolute atomic E-state index is 14.4. The van der Waals surface area contributed by atoms with Crippen molar-refractivity contribution in [3.05, 3.63) is 64.6 Å². The van der Waals surface area contributed by atoms with Gasteiger partial charge in [-0.3, -0.25) is 9.59 Å². The zero-order valence-corrected chi connectivity index (χ0v) is 24.2. The fraction of sp³-hybridized carbons (Fsp3) is 0.379. The Bertz CT molecular complexity index is 1320. The summed E-state index contributed by atoms with van der Waals surface area (Å²) in [5, 5.41) is 5.08. The molecule has 0 bridgehead atoms. The fourth-order valence-electron chi connectivity index (χ4n) is 4.72. The Morgan fingerprint density at radius 2 is 2.00 bits per heavy atom. The molecule has 37 heavy (non-hydrogen) atoms. The molecule has 0 radical (unpaired) electrons. The highest BCUT2D eigenvalue weighted by Gasteiger charge is 2.48. The molecule has 3 aromatic carbocycles. The molecular weight excluding hydrogens is 552 g/mol. The summed E-state index contributed by atoms with van der Waals surface area (Å²) in [5.41, 5.74) is 0.602. The number of nitrogens with zero attached hydrogens (tertiary/aromatic N) is 1. The van der Waals surface area contributed by atoms with Gasteiger partial charge in [-0.05, 0) is 60.7 Å². The summed E-state index contributed by atoms with van der Waals surface area (Å²) >= 11 is 5.13. The third-order valence-corrected chi connectivity index (χ3v) is 8.34. The van der Waals surface area contributed by atoms with Crippen molar-refractivity contribution < 1.29 is 19.1 Å². The number of rotatable bonds is 8. The number of fused-ring (bicyclic) bond motifs is 2. The first kappa shape index (κ1) is 27.3. The zero-order chi connectivity index (χ0) is 26.7. The maximum atomic E-state index is 14.4. The van der Waals surface area contributed by atoms with E-state index in [2.05, 4.69) is 21.2 Å². The van der Waals surface area contributed by atoms with E-state index in [9.17, 15) is 9.59 Å². The SMILES string of the molecule is CC[C@@H](C)C(=O)N[C@@H]1C(=O)N(Cc2c(OC)ccc3cc(Br)ccc23)c2ccccc2OC1(C)CSC. The molecule has 196 valence electrons. The number of halogens is 1. The molecule has 0 saturated carbocycles. The van der Waals surface area contributed by atoms with Gasteiger partial charge in [0.1, 0.15) is 23.1 Å². The third-order valence-electron chi connectivity index (χ3n) is 6.99. The largest absolute Gasteiger partial charge is 0.496 e. The number of methoxy groups -OCH3 is 1. The van der Waals surface area contributed by atoms with E-state index >= 15 is 0 Å². The molecule has 8 heteroatoms. The van der Waals surface area contributed by atoms with Crippen molar-refractivity contribution in [2.24, 2.45) is 5.92 Å².